The first kappa shape index (κ1) is 85.0. The number of para-hydroxylation sites is 1. The number of aromatic amines is 2. The van der Waals surface area contributed by atoms with Crippen molar-refractivity contribution < 1.29 is 87.2 Å². The Balaban J connectivity index is 1.70. The molecule has 1 aromatic carbocycles. The van der Waals surface area contributed by atoms with E-state index < -0.39 is 205 Å². The van der Waals surface area contributed by atoms with Crippen LogP contribution in [0.3, 0.4) is 0 Å². The monoisotopic (exact) mass is 1520 g/mol. The molecule has 4 heterocycles. The van der Waals surface area contributed by atoms with Gasteiger partial charge in [0, 0.05) is 65.6 Å². The number of hydrogen-bond donors (Lipinski definition) is 20. The van der Waals surface area contributed by atoms with Crippen molar-refractivity contribution in [3.63, 3.8) is 0 Å². The molecule has 13 atom stereocenters. The predicted octanol–water partition coefficient (Wildman–Crippen LogP) is -3.50. The molecule has 103 heavy (non-hydrogen) atoms. The lowest BCUT2D eigenvalue weighted by molar-refractivity contribution is -0.140. The number of hydrogen-bond acceptors (Lipinski definition) is 23. The van der Waals surface area contributed by atoms with Gasteiger partial charge < -0.3 is 94.8 Å². The fourth-order valence-electron chi connectivity index (χ4n) is 10.5. The Labute approximate surface area is 609 Å². The van der Waals surface area contributed by atoms with Crippen molar-refractivity contribution in [2.75, 3.05) is 36.6 Å². The van der Waals surface area contributed by atoms with Crippen molar-refractivity contribution in [2.24, 2.45) is 17.6 Å². The van der Waals surface area contributed by atoms with Crippen molar-refractivity contribution in [3.05, 3.63) is 54.2 Å². The molecule has 0 unspecified atom stereocenters. The SMILES string of the molecule is CNN[C@@H](CC(=O)O)C(=O)N[C@H]1CSSC[C@@H](C(=O)N[C@H](C(N)=O)[C@@H](C)O)NC(=O)[C@H](Cc2c[nH]c3ccccc23)NC(=O)[C@@H]2CCSSCC[C@H](NC(=O)[C@H](C)NC1=O)C(=O)N[C@@H](Cc1c[nH]cn1)C(=O)N[C@@H](CCC(C)C)C(=O)NCC(=O)N[C@@H](CCC(=O)O)C(=O)N[C@@H](CC(C)C)C(=O)N2. The maximum absolute atomic E-state index is 15.2. The Kier molecular flexibility index (Phi) is 35.3. The summed E-state index contributed by atoms with van der Waals surface area (Å²) in [5.74, 6) is -16.8. The van der Waals surface area contributed by atoms with Crippen molar-refractivity contribution >= 4 is 143 Å². The molecule has 3 aromatic rings. The number of fused-ring (bicyclic) bond motifs is 8. The highest BCUT2D eigenvalue weighted by Gasteiger charge is 2.38. The topological polar surface area (TPSA) is 556 Å². The summed E-state index contributed by atoms with van der Waals surface area (Å²) < 4.78 is 0. The number of primary amides is 1. The first-order chi connectivity index (χ1) is 48.8. The van der Waals surface area contributed by atoms with Gasteiger partial charge in [0.05, 0.1) is 31.1 Å². The highest BCUT2D eigenvalue weighted by Crippen LogP contribution is 2.27. The van der Waals surface area contributed by atoms with Crippen LogP contribution < -0.4 is 80.4 Å². The van der Waals surface area contributed by atoms with Gasteiger partial charge in [-0.1, -0.05) is 89.1 Å². The number of carboxylic acids is 2. The van der Waals surface area contributed by atoms with Crippen LogP contribution in [-0.2, 0) is 84.8 Å². The second-order valence-electron chi connectivity index (χ2n) is 25.4. The van der Waals surface area contributed by atoms with E-state index in [0.717, 1.165) is 43.2 Å². The molecule has 2 aromatic heterocycles. The summed E-state index contributed by atoms with van der Waals surface area (Å²) in [6.07, 6.45) is 0.106. The first-order valence-corrected chi connectivity index (χ1v) is 38.3. The number of imidazole rings is 1. The predicted molar refractivity (Wildman–Crippen MR) is 383 cm³/mol. The summed E-state index contributed by atoms with van der Waals surface area (Å²) in [6.45, 7) is 8.76. The van der Waals surface area contributed by atoms with Crippen molar-refractivity contribution in [1.82, 2.24) is 89.6 Å². The van der Waals surface area contributed by atoms with Gasteiger partial charge in [-0.3, -0.25) is 77.3 Å². The third-order valence-electron chi connectivity index (χ3n) is 16.1. The minimum atomic E-state index is -1.71. The van der Waals surface area contributed by atoms with Crippen LogP contribution in [0.2, 0.25) is 0 Å². The van der Waals surface area contributed by atoms with Crippen LogP contribution in [0.5, 0.6) is 0 Å². The normalized spacial score (nSPS) is 24.4. The maximum atomic E-state index is 15.2. The molecule has 0 radical (unpaired) electrons. The summed E-state index contributed by atoms with van der Waals surface area (Å²) in [4.78, 5) is 221. The van der Waals surface area contributed by atoms with E-state index in [1.807, 2.05) is 13.8 Å². The number of hydrazine groups is 1. The van der Waals surface area contributed by atoms with Gasteiger partial charge in [0.15, 0.2) is 0 Å². The van der Waals surface area contributed by atoms with Gasteiger partial charge >= 0.3 is 11.9 Å². The highest BCUT2D eigenvalue weighted by molar-refractivity contribution is 8.77. The molecular weight excluding hydrogens is 1430 g/mol. The van der Waals surface area contributed by atoms with E-state index in [9.17, 15) is 77.6 Å². The first-order valence-electron chi connectivity index (χ1n) is 33.3. The number of amides is 13. The number of carbonyl (C=O) groups is 15. The van der Waals surface area contributed by atoms with Crippen LogP contribution in [0.15, 0.2) is 43.0 Å². The molecule has 568 valence electrons. The van der Waals surface area contributed by atoms with Crippen molar-refractivity contribution in [1.29, 1.82) is 0 Å². The number of aliphatic carboxylic acids is 2. The number of carbonyl (C=O) groups excluding carboxylic acids is 13. The molecule has 40 heteroatoms. The number of carboxylic acid groups (broad SMARTS) is 2. The van der Waals surface area contributed by atoms with E-state index in [2.05, 4.69) is 89.6 Å². The molecule has 0 saturated carbocycles. The zero-order valence-corrected chi connectivity index (χ0v) is 61.2. The number of nitrogens with two attached hydrogens (primary N) is 1. The van der Waals surface area contributed by atoms with Gasteiger partial charge in [0.1, 0.15) is 72.5 Å². The lowest BCUT2D eigenvalue weighted by Crippen LogP contribution is -2.61. The van der Waals surface area contributed by atoms with Gasteiger partial charge in [0.2, 0.25) is 76.8 Å². The molecule has 0 aliphatic carbocycles. The third kappa shape index (κ3) is 28.8. The summed E-state index contributed by atoms with van der Waals surface area (Å²) in [7, 11) is 5.29. The van der Waals surface area contributed by atoms with E-state index in [0.29, 0.717) is 22.9 Å². The van der Waals surface area contributed by atoms with E-state index in [-0.39, 0.29) is 67.6 Å². The standard InChI is InChI=1S/C63H94N18O18S4/c1-30(2)12-13-38-54(90)68-26-48(83)71-39(14-15-49(84)85)55(91)75-42(20-31(3)4)58(94)74-41-17-19-101-100-18-16-40(56(92)77-44(60(96)73-38)22-35-25-66-29-69-35)72-53(89)32(5)70-62(98)46(79-61(97)45(81-65-7)23-50(86)87)27-102-103-28-47(63(99)80-51(33(6)82)52(64)88)78-59(95)43(76-57(41)93)21-34-24-67-37-11-9-8-10-36(34)37/h8-11,24-25,29-33,38-47,51,65,67,81-82H,12-23,26-28H2,1-7H3,(H2,64,88)(H,66,69)(H,68,90)(H,70,98)(H,71,83)(H,72,89)(H,73,96)(H,74,94)(H,75,91)(H,76,93)(H,77,92)(H,78,95)(H,79,97)(H,80,99)(H,84,85)(H,86,87)/t32-,33+,38-,39-,40-,41-,42-,43-,44-,45-,46-,47-,51-/m0/s1. The van der Waals surface area contributed by atoms with Crippen LogP contribution in [0.4, 0.5) is 0 Å². The molecule has 5 rings (SSSR count). The molecule has 2 aliphatic rings. The Morgan fingerprint density at radius 2 is 1.23 bits per heavy atom. The fraction of sp³-hybridized carbons (Fsp3) is 0.587. The van der Waals surface area contributed by atoms with Crippen molar-refractivity contribution in [3.8, 4) is 0 Å². The Bertz CT molecular complexity index is 3460. The number of benzene rings is 1. The van der Waals surface area contributed by atoms with Crippen LogP contribution in [-0.4, -0.2) is 234 Å². The quantitative estimate of drug-likeness (QED) is 0.0343. The van der Waals surface area contributed by atoms with Gasteiger partial charge in [-0.05, 0) is 82.9 Å². The average Bonchev–Trinajstić information content (AvgIpc) is 1.73. The summed E-state index contributed by atoms with van der Waals surface area (Å²) in [6, 6.07) is -11.8. The van der Waals surface area contributed by atoms with Crippen molar-refractivity contribution in [2.45, 2.75) is 184 Å². The number of nitrogens with zero attached hydrogens (tertiary/aromatic N) is 1. The largest absolute Gasteiger partial charge is 0.481 e. The molecular formula is C63H94N18O18S4. The van der Waals surface area contributed by atoms with Gasteiger partial charge in [-0.25, -0.2) is 10.4 Å². The lowest BCUT2D eigenvalue weighted by atomic mass is 10.0. The molecule has 2 bridgehead atoms. The van der Waals surface area contributed by atoms with E-state index in [1.54, 1.807) is 44.3 Å². The summed E-state index contributed by atoms with van der Waals surface area (Å²) in [5, 5.41) is 61.5. The molecule has 2 saturated heterocycles. The van der Waals surface area contributed by atoms with Gasteiger partial charge in [0.25, 0.3) is 0 Å². The zero-order chi connectivity index (χ0) is 76.0. The maximum Gasteiger partial charge on any atom is 0.305 e. The molecule has 13 amide bonds. The average molecular weight is 1520 g/mol. The van der Waals surface area contributed by atoms with E-state index in [4.69, 9.17) is 5.73 Å². The fourth-order valence-corrected chi connectivity index (χ4v) is 15.0. The number of nitrogens with one attached hydrogen (secondary N) is 16. The minimum Gasteiger partial charge on any atom is -0.481 e. The second kappa shape index (κ2) is 42.8. The smallest absolute Gasteiger partial charge is 0.305 e. The van der Waals surface area contributed by atoms with Gasteiger partial charge in [-0.15, -0.1) is 0 Å². The molecule has 2 aliphatic heterocycles. The summed E-state index contributed by atoms with van der Waals surface area (Å²) in [5.41, 5.74) is 11.9. The Hall–Kier alpha value is -8.70. The summed E-state index contributed by atoms with van der Waals surface area (Å²) >= 11 is 0. The number of aliphatic hydroxyl groups excluding tert-OH is 1. The Morgan fingerprint density at radius 1 is 0.641 bits per heavy atom. The second-order valence-corrected chi connectivity index (χ2v) is 30.6. The van der Waals surface area contributed by atoms with Crippen LogP contribution in [0.1, 0.15) is 104 Å². The number of H-pyrrole nitrogens is 2. The molecule has 2 fully saturated rings. The van der Waals surface area contributed by atoms with Crippen LogP contribution in [0, 0.1) is 11.8 Å². The van der Waals surface area contributed by atoms with Crippen LogP contribution >= 0.6 is 43.2 Å². The van der Waals surface area contributed by atoms with E-state index >= 15 is 9.59 Å². The number of aromatic nitrogens is 3. The Morgan fingerprint density at radius 3 is 1.83 bits per heavy atom. The molecule has 0 spiro atoms. The molecule has 36 nitrogen and oxygen atoms in total. The number of rotatable bonds is 22. The van der Waals surface area contributed by atoms with E-state index in [1.165, 1.54) is 33.4 Å². The van der Waals surface area contributed by atoms with Crippen LogP contribution in [0.25, 0.3) is 10.9 Å². The highest BCUT2D eigenvalue weighted by atomic mass is 33.1. The number of aliphatic hydroxyl groups is 1. The molecule has 21 N–H and O–H groups in total. The van der Waals surface area contributed by atoms with Gasteiger partial charge in [-0.2, -0.15) is 0 Å². The minimum absolute atomic E-state index is 0.00605. The lowest BCUT2D eigenvalue weighted by Gasteiger charge is -2.28. The zero-order valence-electron chi connectivity index (χ0n) is 57.9. The third-order valence-corrected chi connectivity index (χ3v) is 21.0.